The van der Waals surface area contributed by atoms with Crippen LogP contribution in [-0.2, 0) is 19.3 Å². The van der Waals surface area contributed by atoms with Crippen molar-refractivity contribution in [1.82, 2.24) is 0 Å². The van der Waals surface area contributed by atoms with E-state index in [2.05, 4.69) is 63.7 Å². The van der Waals surface area contributed by atoms with Gasteiger partial charge >= 0.3 is 0 Å². The van der Waals surface area contributed by atoms with Gasteiger partial charge in [-0.05, 0) is 65.0 Å². The van der Waals surface area contributed by atoms with Gasteiger partial charge < -0.3 is 0 Å². The molecule has 1 atom stereocenters. The van der Waals surface area contributed by atoms with E-state index in [4.69, 9.17) is 0 Å². The van der Waals surface area contributed by atoms with Crippen molar-refractivity contribution < 1.29 is 0 Å². The quantitative estimate of drug-likeness (QED) is 0.652. The number of fused-ring (bicyclic) bond motifs is 2. The van der Waals surface area contributed by atoms with Crippen molar-refractivity contribution in [2.24, 2.45) is 5.41 Å². The van der Waals surface area contributed by atoms with E-state index in [1.807, 2.05) is 0 Å². The van der Waals surface area contributed by atoms with Gasteiger partial charge in [0.2, 0.25) is 0 Å². The normalized spacial score (nSPS) is 21.8. The SMILES string of the molecule is C=C1c2cc(C)ccc2CC1c1ccc2c(c1)CC(C)(C)C2. The fraction of sp³-hybridized carbons (Fsp3) is 0.364. The second-order valence-corrected chi connectivity index (χ2v) is 7.99. The Morgan fingerprint density at radius 2 is 1.68 bits per heavy atom. The molecule has 0 aromatic heterocycles. The van der Waals surface area contributed by atoms with Gasteiger partial charge in [-0.2, -0.15) is 0 Å². The predicted octanol–water partition coefficient (Wildman–Crippen LogP) is 5.47. The molecule has 0 nitrogen and oxygen atoms in total. The third-order valence-corrected chi connectivity index (χ3v) is 5.43. The highest BCUT2D eigenvalue weighted by Crippen LogP contribution is 2.44. The van der Waals surface area contributed by atoms with Crippen molar-refractivity contribution in [3.63, 3.8) is 0 Å². The molecule has 0 radical (unpaired) electrons. The number of aryl methyl sites for hydroxylation is 1. The highest BCUT2D eigenvalue weighted by molar-refractivity contribution is 5.77. The summed E-state index contributed by atoms with van der Waals surface area (Å²) in [5.74, 6) is 0.464. The molecule has 2 aliphatic rings. The van der Waals surface area contributed by atoms with Crippen LogP contribution in [0.3, 0.4) is 0 Å². The van der Waals surface area contributed by atoms with Crippen LogP contribution in [0.15, 0.2) is 43.0 Å². The molecule has 2 aromatic rings. The van der Waals surface area contributed by atoms with Crippen LogP contribution in [0, 0.1) is 12.3 Å². The number of hydrogen-bond donors (Lipinski definition) is 0. The molecule has 112 valence electrons. The molecule has 0 aliphatic heterocycles. The summed E-state index contributed by atoms with van der Waals surface area (Å²) in [6.07, 6.45) is 3.53. The lowest BCUT2D eigenvalue weighted by Gasteiger charge is -2.15. The largest absolute Gasteiger partial charge is 0.0946 e. The van der Waals surface area contributed by atoms with Crippen molar-refractivity contribution >= 4 is 5.57 Å². The summed E-state index contributed by atoms with van der Waals surface area (Å²) in [6, 6.07) is 14.0. The summed E-state index contributed by atoms with van der Waals surface area (Å²) in [5, 5.41) is 0. The second-order valence-electron chi connectivity index (χ2n) is 7.99. The first-order valence-electron chi connectivity index (χ1n) is 8.33. The third-order valence-electron chi connectivity index (χ3n) is 5.43. The van der Waals surface area contributed by atoms with Gasteiger partial charge in [-0.3, -0.25) is 0 Å². The van der Waals surface area contributed by atoms with E-state index in [0.717, 1.165) is 6.42 Å². The van der Waals surface area contributed by atoms with Gasteiger partial charge in [-0.15, -0.1) is 0 Å². The van der Waals surface area contributed by atoms with Gasteiger partial charge in [0, 0.05) is 5.92 Å². The molecule has 0 fully saturated rings. The Balaban J connectivity index is 1.69. The van der Waals surface area contributed by atoms with Crippen LogP contribution < -0.4 is 0 Å². The monoisotopic (exact) mass is 288 g/mol. The molecule has 0 N–H and O–H groups in total. The third kappa shape index (κ3) is 2.13. The number of allylic oxidation sites excluding steroid dienone is 1. The molecular weight excluding hydrogens is 264 g/mol. The minimum atomic E-state index is 0.424. The fourth-order valence-electron chi connectivity index (χ4n) is 4.31. The van der Waals surface area contributed by atoms with Crippen LogP contribution in [0.4, 0.5) is 0 Å². The number of rotatable bonds is 1. The summed E-state index contributed by atoms with van der Waals surface area (Å²) >= 11 is 0. The maximum atomic E-state index is 4.42. The Morgan fingerprint density at radius 1 is 0.955 bits per heavy atom. The predicted molar refractivity (Wildman–Crippen MR) is 94.3 cm³/mol. The molecular formula is C22H24. The smallest absolute Gasteiger partial charge is 0.0130 e. The van der Waals surface area contributed by atoms with E-state index in [1.165, 1.54) is 40.7 Å². The molecule has 4 rings (SSSR count). The molecule has 2 aliphatic carbocycles. The average Bonchev–Trinajstić information content (AvgIpc) is 2.94. The number of hydrogen-bond acceptors (Lipinski definition) is 0. The zero-order chi connectivity index (χ0) is 15.5. The van der Waals surface area contributed by atoms with E-state index < -0.39 is 0 Å². The molecule has 0 amide bonds. The average molecular weight is 288 g/mol. The van der Waals surface area contributed by atoms with Crippen LogP contribution in [0.5, 0.6) is 0 Å². The molecule has 0 saturated heterocycles. The maximum absolute atomic E-state index is 4.42. The number of benzene rings is 2. The van der Waals surface area contributed by atoms with Crippen molar-refractivity contribution in [3.8, 4) is 0 Å². The first kappa shape index (κ1) is 13.8. The lowest BCUT2D eigenvalue weighted by Crippen LogP contribution is -2.09. The Bertz CT molecular complexity index is 777. The van der Waals surface area contributed by atoms with Gasteiger partial charge in [0.15, 0.2) is 0 Å². The van der Waals surface area contributed by atoms with Gasteiger partial charge in [-0.1, -0.05) is 62.4 Å². The van der Waals surface area contributed by atoms with Crippen LogP contribution in [0.25, 0.3) is 5.57 Å². The molecule has 0 heterocycles. The molecule has 2 aromatic carbocycles. The second kappa shape index (κ2) is 4.59. The van der Waals surface area contributed by atoms with Gasteiger partial charge in [0.1, 0.15) is 0 Å². The highest BCUT2D eigenvalue weighted by atomic mass is 14.4. The zero-order valence-electron chi connectivity index (χ0n) is 13.9. The van der Waals surface area contributed by atoms with E-state index >= 15 is 0 Å². The summed E-state index contributed by atoms with van der Waals surface area (Å²) in [4.78, 5) is 0. The minimum absolute atomic E-state index is 0.424. The van der Waals surface area contributed by atoms with Crippen LogP contribution in [0.2, 0.25) is 0 Å². The van der Waals surface area contributed by atoms with Crippen molar-refractivity contribution in [3.05, 3.63) is 76.4 Å². The maximum Gasteiger partial charge on any atom is 0.0130 e. The lowest BCUT2D eigenvalue weighted by atomic mass is 9.89. The summed E-state index contributed by atoms with van der Waals surface area (Å²) in [7, 11) is 0. The Labute approximate surface area is 133 Å². The molecule has 22 heavy (non-hydrogen) atoms. The summed E-state index contributed by atoms with van der Waals surface area (Å²) in [5.41, 5.74) is 10.5. The van der Waals surface area contributed by atoms with Gasteiger partial charge in [0.25, 0.3) is 0 Å². The molecule has 1 unspecified atom stereocenters. The zero-order valence-corrected chi connectivity index (χ0v) is 13.9. The van der Waals surface area contributed by atoms with Crippen molar-refractivity contribution in [1.29, 1.82) is 0 Å². The topological polar surface area (TPSA) is 0 Å². The van der Waals surface area contributed by atoms with Gasteiger partial charge in [0.05, 0.1) is 0 Å². The molecule has 0 bridgehead atoms. The highest BCUT2D eigenvalue weighted by Gasteiger charge is 2.31. The van der Waals surface area contributed by atoms with Crippen LogP contribution in [-0.4, -0.2) is 0 Å². The van der Waals surface area contributed by atoms with E-state index in [-0.39, 0.29) is 0 Å². The Kier molecular flexibility index (Phi) is 2.88. The first-order chi connectivity index (χ1) is 10.4. The minimum Gasteiger partial charge on any atom is -0.0946 e. The Morgan fingerprint density at radius 3 is 2.50 bits per heavy atom. The Hall–Kier alpha value is -1.82. The molecule has 0 heteroatoms. The standard InChI is InChI=1S/C22H24/c1-14-5-6-17-11-21(15(2)20(17)9-14)16-7-8-18-12-22(3,4)13-19(18)10-16/h5-10,21H,2,11-13H2,1,3-4H3. The van der Waals surface area contributed by atoms with E-state index in [9.17, 15) is 0 Å². The first-order valence-corrected chi connectivity index (χ1v) is 8.33. The van der Waals surface area contributed by atoms with E-state index in [1.54, 1.807) is 11.1 Å². The summed E-state index contributed by atoms with van der Waals surface area (Å²) in [6.45, 7) is 11.3. The van der Waals surface area contributed by atoms with Crippen LogP contribution in [0.1, 0.15) is 53.1 Å². The fourth-order valence-corrected chi connectivity index (χ4v) is 4.31. The summed E-state index contributed by atoms with van der Waals surface area (Å²) < 4.78 is 0. The van der Waals surface area contributed by atoms with E-state index in [0.29, 0.717) is 11.3 Å². The van der Waals surface area contributed by atoms with Crippen molar-refractivity contribution in [2.45, 2.75) is 46.0 Å². The van der Waals surface area contributed by atoms with Crippen LogP contribution >= 0.6 is 0 Å². The lowest BCUT2D eigenvalue weighted by molar-refractivity contribution is 0.392. The van der Waals surface area contributed by atoms with Gasteiger partial charge in [-0.25, -0.2) is 0 Å². The molecule has 0 spiro atoms. The van der Waals surface area contributed by atoms with Crippen molar-refractivity contribution in [2.75, 3.05) is 0 Å². The molecule has 0 saturated carbocycles.